The van der Waals surface area contributed by atoms with Crippen LogP contribution in [0.5, 0.6) is 0 Å². The van der Waals surface area contributed by atoms with E-state index in [1.54, 1.807) is 32.2 Å². The van der Waals surface area contributed by atoms with Crippen LogP contribution in [0, 0.1) is 12.7 Å². The average molecular weight is 464 g/mol. The van der Waals surface area contributed by atoms with E-state index in [4.69, 9.17) is 0 Å². The maximum absolute atomic E-state index is 14.1. The number of rotatable bonds is 11. The van der Waals surface area contributed by atoms with Crippen LogP contribution in [-0.2, 0) is 16.6 Å². The van der Waals surface area contributed by atoms with Crippen LogP contribution in [0.15, 0.2) is 66.9 Å². The van der Waals surface area contributed by atoms with Crippen molar-refractivity contribution in [1.29, 1.82) is 0 Å². The maximum Gasteiger partial charge on any atom is 0.313 e. The second kappa shape index (κ2) is 11.3. The lowest BCUT2D eigenvalue weighted by atomic mass is 9.84. The van der Waals surface area contributed by atoms with E-state index in [9.17, 15) is 14.3 Å². The predicted molar refractivity (Wildman–Crippen MR) is 135 cm³/mol. The van der Waals surface area contributed by atoms with Crippen LogP contribution >= 0.6 is 0 Å². The van der Waals surface area contributed by atoms with Crippen LogP contribution in [0.1, 0.15) is 55.5 Å². The zero-order chi connectivity index (χ0) is 24.7. The zero-order valence-electron chi connectivity index (χ0n) is 20.3. The number of nitrogens with one attached hydrogen (secondary N) is 2. The number of anilines is 1. The first-order valence-electron chi connectivity index (χ1n) is 11.7. The van der Waals surface area contributed by atoms with Crippen molar-refractivity contribution >= 4 is 11.8 Å². The molecule has 1 heterocycles. The lowest BCUT2D eigenvalue weighted by Crippen LogP contribution is -2.38. The summed E-state index contributed by atoms with van der Waals surface area (Å²) in [7, 11) is 0. The lowest BCUT2D eigenvalue weighted by Gasteiger charge is -2.30. The van der Waals surface area contributed by atoms with E-state index in [1.165, 1.54) is 6.07 Å². The number of hydrogen-bond acceptors (Lipinski definition) is 4. The molecule has 0 spiro atoms. The molecule has 0 radical (unpaired) electrons. The van der Waals surface area contributed by atoms with Crippen LogP contribution in [0.4, 0.5) is 10.2 Å². The molecule has 0 aliphatic carbocycles. The van der Waals surface area contributed by atoms with Crippen molar-refractivity contribution < 1.29 is 14.3 Å². The van der Waals surface area contributed by atoms with Gasteiger partial charge in [-0.15, -0.1) is 0 Å². The van der Waals surface area contributed by atoms with Gasteiger partial charge in [0.25, 0.3) is 0 Å². The molecule has 0 aliphatic rings. The number of halogens is 1. The maximum atomic E-state index is 14.1. The van der Waals surface area contributed by atoms with Crippen LogP contribution in [0.3, 0.4) is 0 Å². The van der Waals surface area contributed by atoms with Crippen molar-refractivity contribution in [3.63, 3.8) is 0 Å². The van der Waals surface area contributed by atoms with Crippen molar-refractivity contribution in [2.75, 3.05) is 11.9 Å². The Hall–Kier alpha value is -3.25. The molecule has 0 saturated heterocycles. The Bertz CT molecular complexity index is 1120. The number of carboxylic acid groups (broad SMARTS) is 1. The minimum Gasteiger partial charge on any atom is -0.481 e. The van der Waals surface area contributed by atoms with Gasteiger partial charge in [-0.3, -0.25) is 4.79 Å². The fourth-order valence-corrected chi connectivity index (χ4v) is 4.04. The molecule has 6 heteroatoms. The van der Waals surface area contributed by atoms with Gasteiger partial charge in [0.05, 0.1) is 11.5 Å². The van der Waals surface area contributed by atoms with Gasteiger partial charge < -0.3 is 15.7 Å². The second-order valence-corrected chi connectivity index (χ2v) is 9.20. The first-order chi connectivity index (χ1) is 16.2. The summed E-state index contributed by atoms with van der Waals surface area (Å²) in [4.78, 5) is 16.1. The summed E-state index contributed by atoms with van der Waals surface area (Å²) in [6.45, 7) is 8.19. The summed E-state index contributed by atoms with van der Waals surface area (Å²) in [5.74, 6) is -0.298. The molecule has 180 valence electrons. The van der Waals surface area contributed by atoms with E-state index in [-0.39, 0.29) is 17.9 Å². The topological polar surface area (TPSA) is 74.2 Å². The van der Waals surface area contributed by atoms with Gasteiger partial charge in [0, 0.05) is 12.2 Å². The van der Waals surface area contributed by atoms with Gasteiger partial charge in [-0.25, -0.2) is 9.37 Å². The molecule has 0 unspecified atom stereocenters. The Morgan fingerprint density at radius 1 is 1.12 bits per heavy atom. The van der Waals surface area contributed by atoms with Gasteiger partial charge in [0.1, 0.15) is 11.6 Å². The lowest BCUT2D eigenvalue weighted by molar-refractivity contribution is -0.142. The molecular weight excluding hydrogens is 429 g/mol. The molecule has 2 aromatic carbocycles. The summed E-state index contributed by atoms with van der Waals surface area (Å²) in [6.07, 6.45) is 3.29. The van der Waals surface area contributed by atoms with Gasteiger partial charge in [-0.2, -0.15) is 0 Å². The Morgan fingerprint density at radius 3 is 2.56 bits per heavy atom. The predicted octanol–water partition coefficient (Wildman–Crippen LogP) is 5.66. The standard InChI is InChI=1S/C28H34FN3O2/c1-5-24(32-26-19(2)9-8-15-31-26)25(21-11-7-13-23(29)18-21)30-16-14-20-10-6-12-22(17-20)28(3,4)27(33)34/h6-13,15,17-18,24-25,30H,5,14,16H2,1-4H3,(H,31,32)(H,33,34)/t24-,25-/m1/s1. The minimum atomic E-state index is -0.953. The Morgan fingerprint density at radius 2 is 1.88 bits per heavy atom. The van der Waals surface area contributed by atoms with Crippen LogP contribution in [-0.4, -0.2) is 28.6 Å². The quantitative estimate of drug-likeness (QED) is 0.342. The van der Waals surface area contributed by atoms with Gasteiger partial charge >= 0.3 is 5.97 Å². The molecule has 0 bridgehead atoms. The molecule has 34 heavy (non-hydrogen) atoms. The van der Waals surface area contributed by atoms with E-state index in [2.05, 4.69) is 22.5 Å². The molecular formula is C28H34FN3O2. The largest absolute Gasteiger partial charge is 0.481 e. The van der Waals surface area contributed by atoms with Crippen LogP contribution in [0.2, 0.25) is 0 Å². The molecule has 0 fully saturated rings. The highest BCUT2D eigenvalue weighted by atomic mass is 19.1. The number of aliphatic carboxylic acids is 1. The first kappa shape index (κ1) is 25.4. The van der Waals surface area contributed by atoms with Crippen LogP contribution < -0.4 is 10.6 Å². The number of pyridine rings is 1. The van der Waals surface area contributed by atoms with E-state index < -0.39 is 11.4 Å². The smallest absolute Gasteiger partial charge is 0.313 e. The zero-order valence-corrected chi connectivity index (χ0v) is 20.3. The highest BCUT2D eigenvalue weighted by Gasteiger charge is 2.29. The van der Waals surface area contributed by atoms with E-state index >= 15 is 0 Å². The molecule has 0 saturated carbocycles. The van der Waals surface area contributed by atoms with Crippen molar-refractivity contribution in [3.8, 4) is 0 Å². The van der Waals surface area contributed by atoms with Crippen molar-refractivity contribution in [2.24, 2.45) is 0 Å². The van der Waals surface area contributed by atoms with Gasteiger partial charge in [0.15, 0.2) is 0 Å². The summed E-state index contributed by atoms with van der Waals surface area (Å²) in [5, 5.41) is 16.7. The third kappa shape index (κ3) is 6.20. The molecule has 2 atom stereocenters. The molecule has 5 nitrogen and oxygen atoms in total. The van der Waals surface area contributed by atoms with Gasteiger partial charge in [-0.05, 0) is 80.6 Å². The van der Waals surface area contributed by atoms with Gasteiger partial charge in [0.2, 0.25) is 0 Å². The average Bonchev–Trinajstić information content (AvgIpc) is 2.82. The normalized spacial score (nSPS) is 13.3. The Kier molecular flexibility index (Phi) is 8.40. The van der Waals surface area contributed by atoms with Crippen molar-refractivity contribution in [2.45, 2.75) is 58.0 Å². The number of aromatic nitrogens is 1. The van der Waals surface area contributed by atoms with Crippen molar-refractivity contribution in [1.82, 2.24) is 10.3 Å². The Balaban J connectivity index is 1.79. The summed E-state index contributed by atoms with van der Waals surface area (Å²) >= 11 is 0. The number of hydrogen-bond donors (Lipinski definition) is 3. The third-order valence-corrected chi connectivity index (χ3v) is 6.34. The molecule has 3 N–H and O–H groups in total. The Labute approximate surface area is 201 Å². The molecule has 0 amide bonds. The fourth-order valence-electron chi connectivity index (χ4n) is 4.04. The summed E-state index contributed by atoms with van der Waals surface area (Å²) in [5.41, 5.74) is 2.80. The number of benzene rings is 2. The molecule has 3 aromatic rings. The monoisotopic (exact) mass is 463 g/mol. The number of carbonyl (C=O) groups is 1. The highest BCUT2D eigenvalue weighted by Crippen LogP contribution is 2.26. The van der Waals surface area contributed by atoms with Crippen LogP contribution in [0.25, 0.3) is 0 Å². The summed E-state index contributed by atoms with van der Waals surface area (Å²) < 4.78 is 14.1. The third-order valence-electron chi connectivity index (χ3n) is 6.34. The number of carboxylic acids is 1. The summed E-state index contributed by atoms with van der Waals surface area (Å²) in [6, 6.07) is 18.2. The van der Waals surface area contributed by atoms with E-state index in [0.717, 1.165) is 34.5 Å². The fraction of sp³-hybridized carbons (Fsp3) is 0.357. The van der Waals surface area contributed by atoms with Gasteiger partial charge in [-0.1, -0.05) is 49.4 Å². The second-order valence-electron chi connectivity index (χ2n) is 9.20. The number of nitrogens with zero attached hydrogens (tertiary/aromatic N) is 1. The SMILES string of the molecule is CC[C@@H](Nc1ncccc1C)[C@H](NCCc1cccc(C(C)(C)C(=O)O)c1)c1cccc(F)c1. The highest BCUT2D eigenvalue weighted by molar-refractivity contribution is 5.80. The minimum absolute atomic E-state index is 0.00678. The van der Waals surface area contributed by atoms with Crippen molar-refractivity contribution in [3.05, 3.63) is 94.9 Å². The van der Waals surface area contributed by atoms with E-state index in [1.807, 2.05) is 49.4 Å². The molecule has 3 rings (SSSR count). The number of aryl methyl sites for hydroxylation is 1. The first-order valence-corrected chi connectivity index (χ1v) is 11.7. The molecule has 0 aliphatic heterocycles. The molecule has 1 aromatic heterocycles. The van der Waals surface area contributed by atoms with E-state index in [0.29, 0.717) is 13.0 Å².